The summed E-state index contributed by atoms with van der Waals surface area (Å²) in [7, 11) is 0. The van der Waals surface area contributed by atoms with Crippen molar-refractivity contribution in [2.24, 2.45) is 11.7 Å². The summed E-state index contributed by atoms with van der Waals surface area (Å²) in [5, 5.41) is 0. The first-order chi connectivity index (χ1) is 7.28. The number of hydrogen-bond donors (Lipinski definition) is 1. The van der Waals surface area contributed by atoms with E-state index >= 15 is 0 Å². The van der Waals surface area contributed by atoms with Crippen molar-refractivity contribution in [2.75, 3.05) is 39.3 Å². The molecule has 0 aromatic carbocycles. The molecule has 88 valence electrons. The zero-order chi connectivity index (χ0) is 10.7. The summed E-state index contributed by atoms with van der Waals surface area (Å²) >= 11 is 0. The lowest BCUT2D eigenvalue weighted by Gasteiger charge is -2.35. The van der Waals surface area contributed by atoms with Crippen LogP contribution in [0.4, 0.5) is 0 Å². The Hall–Kier alpha value is -0.120. The number of piperazine rings is 1. The molecular weight excluding hydrogens is 186 g/mol. The van der Waals surface area contributed by atoms with Gasteiger partial charge in [-0.15, -0.1) is 0 Å². The fraction of sp³-hybridized carbons (Fsp3) is 1.00. The molecule has 1 aliphatic heterocycles. The lowest BCUT2D eigenvalue weighted by atomic mass is 10.1. The van der Waals surface area contributed by atoms with E-state index in [0.717, 1.165) is 5.92 Å². The lowest BCUT2D eigenvalue weighted by molar-refractivity contribution is 0.122. The predicted octanol–water partition coefficient (Wildman–Crippen LogP) is 0.751. The van der Waals surface area contributed by atoms with Gasteiger partial charge in [-0.3, -0.25) is 0 Å². The van der Waals surface area contributed by atoms with Gasteiger partial charge in [0.1, 0.15) is 0 Å². The van der Waals surface area contributed by atoms with Gasteiger partial charge in [-0.05, 0) is 31.7 Å². The average molecular weight is 211 g/mol. The highest BCUT2D eigenvalue weighted by atomic mass is 15.3. The minimum Gasteiger partial charge on any atom is -0.328 e. The van der Waals surface area contributed by atoms with E-state index in [-0.39, 0.29) is 0 Å². The van der Waals surface area contributed by atoms with Gasteiger partial charge < -0.3 is 15.5 Å². The molecule has 1 aliphatic carbocycles. The van der Waals surface area contributed by atoms with Gasteiger partial charge in [-0.2, -0.15) is 0 Å². The Balaban J connectivity index is 1.68. The van der Waals surface area contributed by atoms with Crippen LogP contribution in [0, 0.1) is 5.92 Å². The fourth-order valence-corrected chi connectivity index (χ4v) is 2.93. The maximum Gasteiger partial charge on any atom is 0.0110 e. The SMILES string of the molecule is CCN1CCN(CC2CC[C@@H](N)C2)CC1. The van der Waals surface area contributed by atoms with Gasteiger partial charge in [-0.25, -0.2) is 0 Å². The smallest absolute Gasteiger partial charge is 0.0110 e. The minimum absolute atomic E-state index is 0.493. The first kappa shape index (κ1) is 11.4. The monoisotopic (exact) mass is 211 g/mol. The molecule has 3 nitrogen and oxygen atoms in total. The topological polar surface area (TPSA) is 32.5 Å². The number of nitrogens with two attached hydrogens (primary N) is 1. The molecule has 2 rings (SSSR count). The van der Waals surface area contributed by atoms with Crippen LogP contribution in [0.15, 0.2) is 0 Å². The van der Waals surface area contributed by atoms with Crippen molar-refractivity contribution in [1.82, 2.24) is 9.80 Å². The highest BCUT2D eigenvalue weighted by Crippen LogP contribution is 2.25. The largest absolute Gasteiger partial charge is 0.328 e. The molecule has 1 saturated carbocycles. The highest BCUT2D eigenvalue weighted by molar-refractivity contribution is 4.81. The quantitative estimate of drug-likeness (QED) is 0.748. The third kappa shape index (κ3) is 3.16. The summed E-state index contributed by atoms with van der Waals surface area (Å²) in [5.74, 6) is 0.883. The van der Waals surface area contributed by atoms with Crippen LogP contribution in [0.5, 0.6) is 0 Å². The number of likely N-dealkylation sites (N-methyl/N-ethyl adjacent to an activating group) is 1. The molecule has 1 unspecified atom stereocenters. The van der Waals surface area contributed by atoms with E-state index in [1.807, 2.05) is 0 Å². The molecule has 1 heterocycles. The normalized spacial score (nSPS) is 34.8. The predicted molar refractivity (Wildman–Crippen MR) is 63.9 cm³/mol. The van der Waals surface area contributed by atoms with Crippen LogP contribution in [0.1, 0.15) is 26.2 Å². The standard InChI is InChI=1S/C12H25N3/c1-2-14-5-7-15(8-6-14)10-11-3-4-12(13)9-11/h11-12H,2-10,13H2,1H3/t11?,12-/m1/s1. The second kappa shape index (κ2) is 5.28. The van der Waals surface area contributed by atoms with E-state index in [1.54, 1.807) is 0 Å². The molecule has 0 amide bonds. The average Bonchev–Trinajstić information content (AvgIpc) is 2.65. The van der Waals surface area contributed by atoms with Gasteiger partial charge in [0, 0.05) is 38.8 Å². The first-order valence-electron chi connectivity index (χ1n) is 6.48. The Labute approximate surface area is 93.6 Å². The van der Waals surface area contributed by atoms with Crippen LogP contribution in [-0.2, 0) is 0 Å². The van der Waals surface area contributed by atoms with Gasteiger partial charge in [0.25, 0.3) is 0 Å². The third-order valence-electron chi connectivity index (χ3n) is 4.01. The second-order valence-corrected chi connectivity index (χ2v) is 5.17. The Bertz CT molecular complexity index is 187. The summed E-state index contributed by atoms with van der Waals surface area (Å²) in [4.78, 5) is 5.17. The van der Waals surface area contributed by atoms with E-state index in [4.69, 9.17) is 5.73 Å². The Morgan fingerprint density at radius 3 is 2.27 bits per heavy atom. The van der Waals surface area contributed by atoms with Crippen molar-refractivity contribution in [3.05, 3.63) is 0 Å². The molecule has 2 N–H and O–H groups in total. The van der Waals surface area contributed by atoms with Gasteiger partial charge >= 0.3 is 0 Å². The summed E-state index contributed by atoms with van der Waals surface area (Å²) in [6, 6.07) is 0.493. The van der Waals surface area contributed by atoms with E-state index in [9.17, 15) is 0 Å². The summed E-state index contributed by atoms with van der Waals surface area (Å²) < 4.78 is 0. The molecule has 0 aromatic rings. The Morgan fingerprint density at radius 2 is 1.73 bits per heavy atom. The summed E-state index contributed by atoms with van der Waals surface area (Å²) in [5.41, 5.74) is 5.95. The first-order valence-corrected chi connectivity index (χ1v) is 6.48. The molecule has 3 heteroatoms. The Morgan fingerprint density at radius 1 is 1.07 bits per heavy atom. The van der Waals surface area contributed by atoms with E-state index in [1.165, 1.54) is 58.5 Å². The van der Waals surface area contributed by atoms with Crippen molar-refractivity contribution in [2.45, 2.75) is 32.2 Å². The van der Waals surface area contributed by atoms with Gasteiger partial charge in [0.15, 0.2) is 0 Å². The zero-order valence-electron chi connectivity index (χ0n) is 9.99. The van der Waals surface area contributed by atoms with Gasteiger partial charge in [-0.1, -0.05) is 6.92 Å². The highest BCUT2D eigenvalue weighted by Gasteiger charge is 2.25. The van der Waals surface area contributed by atoms with Crippen LogP contribution < -0.4 is 5.73 Å². The number of hydrogen-bond acceptors (Lipinski definition) is 3. The molecule has 15 heavy (non-hydrogen) atoms. The van der Waals surface area contributed by atoms with Gasteiger partial charge in [0.2, 0.25) is 0 Å². The van der Waals surface area contributed by atoms with Gasteiger partial charge in [0.05, 0.1) is 0 Å². The van der Waals surface area contributed by atoms with Crippen molar-refractivity contribution < 1.29 is 0 Å². The van der Waals surface area contributed by atoms with Crippen LogP contribution in [0.2, 0.25) is 0 Å². The number of nitrogens with zero attached hydrogens (tertiary/aromatic N) is 2. The molecule has 0 bridgehead atoms. The molecular formula is C12H25N3. The third-order valence-corrected chi connectivity index (χ3v) is 4.01. The minimum atomic E-state index is 0.493. The van der Waals surface area contributed by atoms with Crippen LogP contribution >= 0.6 is 0 Å². The van der Waals surface area contributed by atoms with Crippen molar-refractivity contribution in [3.63, 3.8) is 0 Å². The molecule has 0 radical (unpaired) electrons. The van der Waals surface area contributed by atoms with Crippen LogP contribution in [-0.4, -0.2) is 55.1 Å². The second-order valence-electron chi connectivity index (χ2n) is 5.17. The molecule has 0 aromatic heterocycles. The van der Waals surface area contributed by atoms with Crippen LogP contribution in [0.25, 0.3) is 0 Å². The van der Waals surface area contributed by atoms with E-state index < -0.39 is 0 Å². The molecule has 2 atom stereocenters. The fourth-order valence-electron chi connectivity index (χ4n) is 2.93. The maximum absolute atomic E-state index is 5.95. The molecule has 1 saturated heterocycles. The summed E-state index contributed by atoms with van der Waals surface area (Å²) in [6.45, 7) is 9.81. The maximum atomic E-state index is 5.95. The molecule has 2 aliphatic rings. The van der Waals surface area contributed by atoms with Crippen LogP contribution in [0.3, 0.4) is 0 Å². The number of rotatable bonds is 3. The van der Waals surface area contributed by atoms with E-state index in [2.05, 4.69) is 16.7 Å². The Kier molecular flexibility index (Phi) is 4.00. The lowest BCUT2D eigenvalue weighted by Crippen LogP contribution is -2.47. The van der Waals surface area contributed by atoms with Crippen molar-refractivity contribution in [1.29, 1.82) is 0 Å². The van der Waals surface area contributed by atoms with E-state index in [0.29, 0.717) is 6.04 Å². The molecule has 0 spiro atoms. The van der Waals surface area contributed by atoms with Crippen molar-refractivity contribution in [3.8, 4) is 0 Å². The molecule has 2 fully saturated rings. The zero-order valence-corrected chi connectivity index (χ0v) is 9.99. The van der Waals surface area contributed by atoms with Crippen molar-refractivity contribution >= 4 is 0 Å². The summed E-state index contributed by atoms with van der Waals surface area (Å²) in [6.07, 6.45) is 3.86.